The summed E-state index contributed by atoms with van der Waals surface area (Å²) in [4.78, 5) is 11.4. The Hall–Kier alpha value is -1.96. The van der Waals surface area contributed by atoms with Gasteiger partial charge in [-0.05, 0) is 45.0 Å². The third-order valence-electron chi connectivity index (χ3n) is 1.96. The van der Waals surface area contributed by atoms with Crippen molar-refractivity contribution in [3.8, 4) is 5.75 Å². The van der Waals surface area contributed by atoms with Gasteiger partial charge in [-0.3, -0.25) is 4.72 Å². The highest BCUT2D eigenvalue weighted by atomic mass is 32.2. The minimum Gasteiger partial charge on any atom is -0.497 e. The van der Waals surface area contributed by atoms with Gasteiger partial charge >= 0.3 is 16.3 Å². The van der Waals surface area contributed by atoms with Crippen molar-refractivity contribution in [1.29, 1.82) is 0 Å². The minimum atomic E-state index is -4.04. The van der Waals surface area contributed by atoms with Crippen molar-refractivity contribution in [3.63, 3.8) is 0 Å². The van der Waals surface area contributed by atoms with Gasteiger partial charge in [0.1, 0.15) is 11.4 Å². The fourth-order valence-corrected chi connectivity index (χ4v) is 2.01. The van der Waals surface area contributed by atoms with Gasteiger partial charge in [-0.2, -0.15) is 8.42 Å². The van der Waals surface area contributed by atoms with Crippen LogP contribution in [0, 0.1) is 0 Å². The van der Waals surface area contributed by atoms with Crippen molar-refractivity contribution in [2.75, 3.05) is 11.8 Å². The number of anilines is 1. The van der Waals surface area contributed by atoms with Gasteiger partial charge in [-0.15, -0.1) is 0 Å². The van der Waals surface area contributed by atoms with Gasteiger partial charge in [0.05, 0.1) is 12.8 Å². The number of hydrogen-bond donors (Lipinski definition) is 2. The summed E-state index contributed by atoms with van der Waals surface area (Å²) >= 11 is 0. The monoisotopic (exact) mass is 302 g/mol. The zero-order valence-corrected chi connectivity index (χ0v) is 12.6. The van der Waals surface area contributed by atoms with E-state index in [4.69, 9.17) is 9.47 Å². The minimum absolute atomic E-state index is 0.293. The van der Waals surface area contributed by atoms with E-state index in [1.807, 2.05) is 0 Å². The number of rotatable bonds is 4. The molecule has 0 radical (unpaired) electrons. The Morgan fingerprint density at radius 1 is 1.15 bits per heavy atom. The van der Waals surface area contributed by atoms with E-state index in [9.17, 15) is 13.2 Å². The molecule has 2 N–H and O–H groups in total. The highest BCUT2D eigenvalue weighted by molar-refractivity contribution is 7.91. The summed E-state index contributed by atoms with van der Waals surface area (Å²) in [6.07, 6.45) is -1.04. The molecule has 7 nitrogen and oxygen atoms in total. The first kappa shape index (κ1) is 16.1. The highest BCUT2D eigenvalue weighted by Crippen LogP contribution is 2.15. The van der Waals surface area contributed by atoms with E-state index in [2.05, 4.69) is 4.72 Å². The number of hydrogen-bond acceptors (Lipinski definition) is 5. The maximum atomic E-state index is 11.7. The normalized spacial score (nSPS) is 11.6. The van der Waals surface area contributed by atoms with E-state index in [0.29, 0.717) is 11.4 Å². The standard InChI is InChI=1S/C12H18N2O5S/c1-12(2,3)19-11(15)14-20(16,17)13-9-5-7-10(18-4)8-6-9/h5-8,13H,1-4H3,(H,14,15). The lowest BCUT2D eigenvalue weighted by molar-refractivity contribution is 0.0570. The Bertz CT molecular complexity index is 561. The first-order valence-electron chi connectivity index (χ1n) is 5.79. The Morgan fingerprint density at radius 2 is 1.70 bits per heavy atom. The second-order valence-electron chi connectivity index (χ2n) is 4.94. The van der Waals surface area contributed by atoms with E-state index < -0.39 is 21.9 Å². The van der Waals surface area contributed by atoms with Crippen LogP contribution in [0.2, 0.25) is 0 Å². The summed E-state index contributed by atoms with van der Waals surface area (Å²) < 4.78 is 37.2. The van der Waals surface area contributed by atoms with Crippen molar-refractivity contribution >= 4 is 22.0 Å². The maximum absolute atomic E-state index is 11.7. The highest BCUT2D eigenvalue weighted by Gasteiger charge is 2.21. The SMILES string of the molecule is COc1ccc(NS(=O)(=O)NC(=O)OC(C)(C)C)cc1. The molecule has 0 saturated heterocycles. The summed E-state index contributed by atoms with van der Waals surface area (Å²) in [6, 6.07) is 6.19. The van der Waals surface area contributed by atoms with Crippen LogP contribution in [0.5, 0.6) is 5.75 Å². The predicted octanol–water partition coefficient (Wildman–Crippen LogP) is 1.88. The maximum Gasteiger partial charge on any atom is 0.422 e. The number of amides is 1. The van der Waals surface area contributed by atoms with Gasteiger partial charge in [0, 0.05) is 0 Å². The van der Waals surface area contributed by atoms with Crippen molar-refractivity contribution in [3.05, 3.63) is 24.3 Å². The molecule has 0 spiro atoms. The van der Waals surface area contributed by atoms with E-state index in [1.165, 1.54) is 19.2 Å². The molecule has 1 rings (SSSR count). The molecule has 0 atom stereocenters. The fraction of sp³-hybridized carbons (Fsp3) is 0.417. The van der Waals surface area contributed by atoms with Crippen molar-refractivity contribution in [2.45, 2.75) is 26.4 Å². The number of benzene rings is 1. The molecule has 0 aliphatic rings. The van der Waals surface area contributed by atoms with Crippen molar-refractivity contribution in [1.82, 2.24) is 4.72 Å². The molecule has 20 heavy (non-hydrogen) atoms. The van der Waals surface area contributed by atoms with E-state index >= 15 is 0 Å². The molecular weight excluding hydrogens is 284 g/mol. The van der Waals surface area contributed by atoms with Gasteiger partial charge in [0.25, 0.3) is 0 Å². The summed E-state index contributed by atoms with van der Waals surface area (Å²) in [6.45, 7) is 4.91. The third kappa shape index (κ3) is 5.79. The van der Waals surface area contributed by atoms with Crippen LogP contribution < -0.4 is 14.2 Å². The Kier molecular flexibility index (Phi) is 4.83. The van der Waals surface area contributed by atoms with Crippen LogP contribution in [0.1, 0.15) is 20.8 Å². The van der Waals surface area contributed by atoms with Crippen LogP contribution in [0.15, 0.2) is 24.3 Å². The summed E-state index contributed by atoms with van der Waals surface area (Å²) in [7, 11) is -2.54. The van der Waals surface area contributed by atoms with Gasteiger partial charge in [0.2, 0.25) is 0 Å². The Morgan fingerprint density at radius 3 is 2.15 bits per heavy atom. The molecule has 8 heteroatoms. The quantitative estimate of drug-likeness (QED) is 0.885. The smallest absolute Gasteiger partial charge is 0.422 e. The lowest BCUT2D eigenvalue weighted by Gasteiger charge is -2.19. The molecule has 0 heterocycles. The van der Waals surface area contributed by atoms with Crippen molar-refractivity contribution < 1.29 is 22.7 Å². The van der Waals surface area contributed by atoms with Crippen LogP contribution in [0.3, 0.4) is 0 Å². The van der Waals surface area contributed by atoms with Crippen LogP contribution in [0.4, 0.5) is 10.5 Å². The zero-order valence-electron chi connectivity index (χ0n) is 11.8. The first-order chi connectivity index (χ1) is 9.11. The topological polar surface area (TPSA) is 93.7 Å². The van der Waals surface area contributed by atoms with Gasteiger partial charge in [-0.1, -0.05) is 0 Å². The second kappa shape index (κ2) is 6.00. The second-order valence-corrected chi connectivity index (χ2v) is 6.35. The first-order valence-corrected chi connectivity index (χ1v) is 7.27. The summed E-state index contributed by atoms with van der Waals surface area (Å²) in [5, 5.41) is 0. The van der Waals surface area contributed by atoms with Crippen LogP contribution >= 0.6 is 0 Å². The number of carbonyl (C=O) groups excluding carboxylic acids is 1. The molecule has 0 aliphatic carbocycles. The Labute approximate surface area is 118 Å². The number of carbonyl (C=O) groups is 1. The molecule has 112 valence electrons. The zero-order chi connectivity index (χ0) is 15.4. The molecule has 1 amide bonds. The molecule has 0 aliphatic heterocycles. The van der Waals surface area contributed by atoms with Gasteiger partial charge in [-0.25, -0.2) is 9.52 Å². The summed E-state index contributed by atoms with van der Waals surface area (Å²) in [5.74, 6) is 0.591. The average Bonchev–Trinajstić information content (AvgIpc) is 2.25. The molecule has 0 aromatic heterocycles. The number of methoxy groups -OCH3 is 1. The number of ether oxygens (including phenoxy) is 2. The molecule has 1 aromatic rings. The van der Waals surface area contributed by atoms with E-state index in [-0.39, 0.29) is 0 Å². The largest absolute Gasteiger partial charge is 0.497 e. The van der Waals surface area contributed by atoms with E-state index in [1.54, 1.807) is 37.6 Å². The fourth-order valence-electron chi connectivity index (χ4n) is 1.25. The molecule has 1 aromatic carbocycles. The molecule has 0 saturated carbocycles. The average molecular weight is 302 g/mol. The molecule has 0 unspecified atom stereocenters. The van der Waals surface area contributed by atoms with Crippen LogP contribution in [-0.2, 0) is 14.9 Å². The molecular formula is C12H18N2O5S. The third-order valence-corrected chi connectivity index (χ3v) is 2.90. The van der Waals surface area contributed by atoms with Gasteiger partial charge < -0.3 is 9.47 Å². The van der Waals surface area contributed by atoms with Gasteiger partial charge in [0.15, 0.2) is 0 Å². The van der Waals surface area contributed by atoms with Crippen LogP contribution in [0.25, 0.3) is 0 Å². The van der Waals surface area contributed by atoms with E-state index in [0.717, 1.165) is 0 Å². The lowest BCUT2D eigenvalue weighted by atomic mass is 10.2. The summed E-state index contributed by atoms with van der Waals surface area (Å²) in [5.41, 5.74) is -0.485. The number of nitrogens with one attached hydrogen (secondary N) is 2. The lowest BCUT2D eigenvalue weighted by Crippen LogP contribution is -2.39. The molecule has 0 fully saturated rings. The Balaban J connectivity index is 2.67. The van der Waals surface area contributed by atoms with Crippen LogP contribution in [-0.4, -0.2) is 27.2 Å². The van der Waals surface area contributed by atoms with Crippen molar-refractivity contribution in [2.24, 2.45) is 0 Å². The predicted molar refractivity (Wildman–Crippen MR) is 74.9 cm³/mol. The molecule has 0 bridgehead atoms.